The van der Waals surface area contributed by atoms with Gasteiger partial charge >= 0.3 is 0 Å². The third-order valence-electron chi connectivity index (χ3n) is 4.43. The van der Waals surface area contributed by atoms with Crippen molar-refractivity contribution in [1.82, 2.24) is 5.32 Å². The van der Waals surface area contributed by atoms with Crippen LogP contribution >= 0.6 is 0 Å². The number of hydrogen-bond acceptors (Lipinski definition) is 2. The van der Waals surface area contributed by atoms with Crippen molar-refractivity contribution in [2.45, 2.75) is 57.4 Å². The van der Waals surface area contributed by atoms with Crippen molar-refractivity contribution in [3.63, 3.8) is 0 Å². The first-order valence-corrected chi connectivity index (χ1v) is 8.28. The van der Waals surface area contributed by atoms with Crippen LogP contribution in [0.1, 0.15) is 50.5 Å². The molecule has 1 fully saturated rings. The summed E-state index contributed by atoms with van der Waals surface area (Å²) in [5.74, 6) is 0.0149. The number of primary amides is 1. The highest BCUT2D eigenvalue weighted by molar-refractivity contribution is 5.86. The standard InChI is InChI=1S/C18H26N2O2/c19-18(22)16(12-6-11-14-7-2-1-3-8-14)20-17(21)13-15-9-4-5-10-15/h1-3,7-8,15-16H,4-6,9-13H2,(H2,19,22)(H,20,21)/t16-/m0/s1. The zero-order chi connectivity index (χ0) is 15.8. The van der Waals surface area contributed by atoms with Gasteiger partial charge in [0, 0.05) is 6.42 Å². The molecule has 1 atom stereocenters. The lowest BCUT2D eigenvalue weighted by molar-refractivity contribution is -0.128. The van der Waals surface area contributed by atoms with Gasteiger partial charge in [-0.2, -0.15) is 0 Å². The first-order chi connectivity index (χ1) is 10.6. The monoisotopic (exact) mass is 302 g/mol. The molecule has 0 unspecified atom stereocenters. The van der Waals surface area contributed by atoms with E-state index < -0.39 is 11.9 Å². The predicted octanol–water partition coefficient (Wildman–Crippen LogP) is 2.56. The van der Waals surface area contributed by atoms with Crippen molar-refractivity contribution >= 4 is 11.8 Å². The molecule has 4 nitrogen and oxygen atoms in total. The Morgan fingerprint density at radius 2 is 1.86 bits per heavy atom. The maximum atomic E-state index is 12.0. The maximum absolute atomic E-state index is 12.0. The van der Waals surface area contributed by atoms with Crippen molar-refractivity contribution in [2.24, 2.45) is 11.7 Å². The van der Waals surface area contributed by atoms with E-state index in [1.807, 2.05) is 18.2 Å². The fraction of sp³-hybridized carbons (Fsp3) is 0.556. The quantitative estimate of drug-likeness (QED) is 0.774. The van der Waals surface area contributed by atoms with Gasteiger partial charge in [0.1, 0.15) is 6.04 Å². The summed E-state index contributed by atoms with van der Waals surface area (Å²) in [4.78, 5) is 23.6. The van der Waals surface area contributed by atoms with Gasteiger partial charge in [0.25, 0.3) is 0 Å². The molecule has 0 saturated heterocycles. The van der Waals surface area contributed by atoms with Gasteiger partial charge in [0.2, 0.25) is 11.8 Å². The Labute approximate surface area is 132 Å². The van der Waals surface area contributed by atoms with E-state index in [0.717, 1.165) is 25.7 Å². The summed E-state index contributed by atoms with van der Waals surface area (Å²) in [6.45, 7) is 0. The van der Waals surface area contributed by atoms with Crippen LogP contribution < -0.4 is 11.1 Å². The Morgan fingerprint density at radius 1 is 1.18 bits per heavy atom. The van der Waals surface area contributed by atoms with E-state index >= 15 is 0 Å². The summed E-state index contributed by atoms with van der Waals surface area (Å²) in [6.07, 6.45) is 7.54. The molecule has 0 aliphatic heterocycles. The molecular weight excluding hydrogens is 276 g/mol. The molecule has 1 aromatic carbocycles. The molecule has 1 aromatic rings. The van der Waals surface area contributed by atoms with Crippen LogP contribution in [0.4, 0.5) is 0 Å². The molecule has 0 bridgehead atoms. The summed E-state index contributed by atoms with van der Waals surface area (Å²) in [7, 11) is 0. The van der Waals surface area contributed by atoms with E-state index in [9.17, 15) is 9.59 Å². The van der Waals surface area contributed by atoms with Crippen molar-refractivity contribution in [3.05, 3.63) is 35.9 Å². The number of hydrogen-bond donors (Lipinski definition) is 2. The first-order valence-electron chi connectivity index (χ1n) is 8.28. The molecule has 4 heteroatoms. The van der Waals surface area contributed by atoms with Crippen molar-refractivity contribution in [1.29, 1.82) is 0 Å². The van der Waals surface area contributed by atoms with Gasteiger partial charge in [-0.05, 0) is 43.6 Å². The predicted molar refractivity (Wildman–Crippen MR) is 87.1 cm³/mol. The second-order valence-corrected chi connectivity index (χ2v) is 6.25. The highest BCUT2D eigenvalue weighted by atomic mass is 16.2. The molecule has 0 radical (unpaired) electrons. The molecule has 1 aliphatic carbocycles. The maximum Gasteiger partial charge on any atom is 0.239 e. The Kier molecular flexibility index (Phi) is 6.44. The van der Waals surface area contributed by atoms with Crippen molar-refractivity contribution < 1.29 is 9.59 Å². The van der Waals surface area contributed by atoms with E-state index in [-0.39, 0.29) is 5.91 Å². The van der Waals surface area contributed by atoms with Gasteiger partial charge in [-0.15, -0.1) is 0 Å². The third-order valence-corrected chi connectivity index (χ3v) is 4.43. The number of benzene rings is 1. The molecule has 2 amide bonds. The fourth-order valence-corrected chi connectivity index (χ4v) is 3.17. The minimum Gasteiger partial charge on any atom is -0.368 e. The van der Waals surface area contributed by atoms with Gasteiger partial charge in [-0.3, -0.25) is 9.59 Å². The molecule has 1 saturated carbocycles. The minimum absolute atomic E-state index is 0.0320. The lowest BCUT2D eigenvalue weighted by Gasteiger charge is -2.17. The number of carbonyl (C=O) groups is 2. The lowest BCUT2D eigenvalue weighted by atomic mass is 10.0. The zero-order valence-corrected chi connectivity index (χ0v) is 13.1. The normalized spacial score (nSPS) is 16.4. The molecule has 0 heterocycles. The average Bonchev–Trinajstić information content (AvgIpc) is 3.00. The summed E-state index contributed by atoms with van der Waals surface area (Å²) in [5, 5.41) is 2.82. The van der Waals surface area contributed by atoms with Crippen molar-refractivity contribution in [3.8, 4) is 0 Å². The van der Waals surface area contributed by atoms with E-state index in [1.54, 1.807) is 0 Å². The molecule has 1 aliphatic rings. The van der Waals surface area contributed by atoms with Gasteiger partial charge < -0.3 is 11.1 Å². The molecule has 2 rings (SSSR count). The number of amides is 2. The number of aryl methyl sites for hydroxylation is 1. The first kappa shape index (κ1) is 16.5. The van der Waals surface area contributed by atoms with Crippen LogP contribution in [-0.4, -0.2) is 17.9 Å². The highest BCUT2D eigenvalue weighted by Gasteiger charge is 2.22. The van der Waals surface area contributed by atoms with E-state index in [4.69, 9.17) is 5.73 Å². The number of nitrogens with two attached hydrogens (primary N) is 1. The molecular formula is C18H26N2O2. The van der Waals surface area contributed by atoms with Crippen LogP contribution in [0.25, 0.3) is 0 Å². The number of rotatable bonds is 8. The molecule has 3 N–H and O–H groups in total. The van der Waals surface area contributed by atoms with Gasteiger partial charge in [-0.25, -0.2) is 0 Å². The molecule has 0 spiro atoms. The van der Waals surface area contributed by atoms with Crippen LogP contribution in [-0.2, 0) is 16.0 Å². The van der Waals surface area contributed by atoms with E-state index in [2.05, 4.69) is 17.4 Å². The van der Waals surface area contributed by atoms with E-state index in [1.165, 1.54) is 18.4 Å². The minimum atomic E-state index is -0.544. The molecule has 22 heavy (non-hydrogen) atoms. The Hall–Kier alpha value is -1.84. The second-order valence-electron chi connectivity index (χ2n) is 6.25. The van der Waals surface area contributed by atoms with Crippen LogP contribution in [0.3, 0.4) is 0 Å². The smallest absolute Gasteiger partial charge is 0.239 e. The van der Waals surface area contributed by atoms with Crippen LogP contribution in [0.5, 0.6) is 0 Å². The lowest BCUT2D eigenvalue weighted by Crippen LogP contribution is -2.44. The largest absolute Gasteiger partial charge is 0.368 e. The van der Waals surface area contributed by atoms with Crippen LogP contribution in [0.15, 0.2) is 30.3 Å². The van der Waals surface area contributed by atoms with Crippen molar-refractivity contribution in [2.75, 3.05) is 0 Å². The van der Waals surface area contributed by atoms with Gasteiger partial charge in [-0.1, -0.05) is 43.2 Å². The SMILES string of the molecule is NC(=O)[C@H](CCCc1ccccc1)NC(=O)CC1CCCC1. The van der Waals surface area contributed by atoms with E-state index in [0.29, 0.717) is 18.8 Å². The van der Waals surface area contributed by atoms with Gasteiger partial charge in [0.15, 0.2) is 0 Å². The van der Waals surface area contributed by atoms with Crippen LogP contribution in [0.2, 0.25) is 0 Å². The summed E-state index contributed by atoms with van der Waals surface area (Å²) < 4.78 is 0. The zero-order valence-electron chi connectivity index (χ0n) is 13.1. The Bertz CT molecular complexity index is 481. The number of carbonyl (C=O) groups excluding carboxylic acids is 2. The molecule has 0 aromatic heterocycles. The second kappa shape index (κ2) is 8.57. The number of nitrogens with one attached hydrogen (secondary N) is 1. The fourth-order valence-electron chi connectivity index (χ4n) is 3.17. The summed E-state index contributed by atoms with van der Waals surface area (Å²) in [5.41, 5.74) is 6.66. The van der Waals surface area contributed by atoms with Gasteiger partial charge in [0.05, 0.1) is 0 Å². The van der Waals surface area contributed by atoms with Crippen LogP contribution in [0, 0.1) is 5.92 Å². The Balaban J connectivity index is 1.74. The average molecular weight is 302 g/mol. The topological polar surface area (TPSA) is 72.2 Å². The molecule has 120 valence electrons. The highest BCUT2D eigenvalue weighted by Crippen LogP contribution is 2.27. The summed E-state index contributed by atoms with van der Waals surface area (Å²) >= 11 is 0. The third kappa shape index (κ3) is 5.51. The Morgan fingerprint density at radius 3 is 2.50 bits per heavy atom. The summed E-state index contributed by atoms with van der Waals surface area (Å²) in [6, 6.07) is 9.58.